The summed E-state index contributed by atoms with van der Waals surface area (Å²) < 4.78 is 0.607. The van der Waals surface area contributed by atoms with Crippen LogP contribution in [0.3, 0.4) is 0 Å². The lowest BCUT2D eigenvalue weighted by Crippen LogP contribution is -2.03. The van der Waals surface area contributed by atoms with Crippen LogP contribution in [-0.4, -0.2) is 16.2 Å². The smallest absolute Gasteiger partial charge is 0.307 e. The first kappa shape index (κ1) is 11.7. The summed E-state index contributed by atoms with van der Waals surface area (Å²) >= 11 is 3.19. The van der Waals surface area contributed by atoms with Crippen molar-refractivity contribution in [2.45, 2.75) is 13.0 Å². The Bertz CT molecular complexity index is 437. The fraction of sp³-hybridized carbons (Fsp3) is 0.200. The van der Waals surface area contributed by atoms with Gasteiger partial charge in [-0.2, -0.15) is 5.26 Å². The molecule has 0 atom stereocenters. The summed E-state index contributed by atoms with van der Waals surface area (Å²) in [6.45, 7) is -0.196. The number of nitrogens with zero attached hydrogens (tertiary/aromatic N) is 1. The standard InChI is InChI=1S/C10H8BrNO3/c11-9-2-7(4-12)6(3-10(14)15)1-8(9)5-13/h1-2,13H,3,5H2,(H,14,15). The van der Waals surface area contributed by atoms with Gasteiger partial charge in [-0.1, -0.05) is 22.0 Å². The monoisotopic (exact) mass is 269 g/mol. The van der Waals surface area contributed by atoms with Crippen molar-refractivity contribution in [1.82, 2.24) is 0 Å². The second-order valence-corrected chi connectivity index (χ2v) is 3.80. The zero-order valence-corrected chi connectivity index (χ0v) is 9.28. The van der Waals surface area contributed by atoms with Crippen LogP contribution in [0.2, 0.25) is 0 Å². The molecule has 0 saturated carbocycles. The molecule has 0 heterocycles. The van der Waals surface area contributed by atoms with E-state index in [0.29, 0.717) is 21.2 Å². The highest BCUT2D eigenvalue weighted by molar-refractivity contribution is 9.10. The van der Waals surface area contributed by atoms with Crippen LogP contribution in [0.15, 0.2) is 16.6 Å². The van der Waals surface area contributed by atoms with Crippen molar-refractivity contribution < 1.29 is 15.0 Å². The Morgan fingerprint density at radius 2 is 2.13 bits per heavy atom. The Morgan fingerprint density at radius 1 is 1.47 bits per heavy atom. The van der Waals surface area contributed by atoms with Crippen LogP contribution in [0.1, 0.15) is 16.7 Å². The highest BCUT2D eigenvalue weighted by atomic mass is 79.9. The van der Waals surface area contributed by atoms with Crippen LogP contribution >= 0.6 is 15.9 Å². The molecule has 0 aliphatic heterocycles. The number of carbonyl (C=O) groups is 1. The molecule has 0 aromatic heterocycles. The van der Waals surface area contributed by atoms with Crippen molar-refractivity contribution in [2.24, 2.45) is 0 Å². The van der Waals surface area contributed by atoms with E-state index in [2.05, 4.69) is 15.9 Å². The fourth-order valence-electron chi connectivity index (χ4n) is 1.20. The van der Waals surface area contributed by atoms with Gasteiger partial charge in [0, 0.05) is 4.47 Å². The number of nitriles is 1. The Kier molecular flexibility index (Phi) is 3.83. The molecule has 1 aromatic rings. The van der Waals surface area contributed by atoms with Crippen molar-refractivity contribution >= 4 is 21.9 Å². The molecule has 15 heavy (non-hydrogen) atoms. The zero-order chi connectivity index (χ0) is 11.4. The predicted molar refractivity (Wildman–Crippen MR) is 56.1 cm³/mol. The van der Waals surface area contributed by atoms with Crippen LogP contribution in [0.5, 0.6) is 0 Å². The minimum absolute atomic E-state index is 0.196. The number of aliphatic hydroxyl groups excluding tert-OH is 1. The van der Waals surface area contributed by atoms with Crippen molar-refractivity contribution in [3.05, 3.63) is 33.3 Å². The SMILES string of the molecule is N#Cc1cc(Br)c(CO)cc1CC(=O)O. The lowest BCUT2D eigenvalue weighted by molar-refractivity contribution is -0.136. The number of halogens is 1. The van der Waals surface area contributed by atoms with Crippen molar-refractivity contribution in [3.8, 4) is 6.07 Å². The molecule has 0 bridgehead atoms. The van der Waals surface area contributed by atoms with Gasteiger partial charge >= 0.3 is 5.97 Å². The van der Waals surface area contributed by atoms with E-state index < -0.39 is 5.97 Å². The predicted octanol–water partition coefficient (Wildman–Crippen LogP) is 1.44. The fourth-order valence-corrected chi connectivity index (χ4v) is 1.67. The van der Waals surface area contributed by atoms with E-state index >= 15 is 0 Å². The molecule has 0 radical (unpaired) electrons. The van der Waals surface area contributed by atoms with Gasteiger partial charge in [-0.25, -0.2) is 0 Å². The number of carboxylic acid groups (broad SMARTS) is 1. The molecule has 0 fully saturated rings. The third-order valence-corrected chi connectivity index (χ3v) is 2.64. The first-order valence-electron chi connectivity index (χ1n) is 4.12. The maximum absolute atomic E-state index is 10.5. The van der Waals surface area contributed by atoms with Crippen molar-refractivity contribution in [2.75, 3.05) is 0 Å². The van der Waals surface area contributed by atoms with E-state index in [-0.39, 0.29) is 13.0 Å². The van der Waals surface area contributed by atoms with Gasteiger partial charge in [0.25, 0.3) is 0 Å². The molecule has 1 aromatic carbocycles. The van der Waals surface area contributed by atoms with Gasteiger partial charge in [-0.3, -0.25) is 4.79 Å². The maximum Gasteiger partial charge on any atom is 0.307 e. The topological polar surface area (TPSA) is 81.3 Å². The highest BCUT2D eigenvalue weighted by Crippen LogP contribution is 2.22. The lowest BCUT2D eigenvalue weighted by Gasteiger charge is -2.06. The Morgan fingerprint density at radius 3 is 2.60 bits per heavy atom. The van der Waals surface area contributed by atoms with E-state index in [1.54, 1.807) is 0 Å². The van der Waals surface area contributed by atoms with Crippen LogP contribution < -0.4 is 0 Å². The van der Waals surface area contributed by atoms with Gasteiger partial charge in [0.05, 0.1) is 24.7 Å². The van der Waals surface area contributed by atoms with E-state index in [1.807, 2.05) is 6.07 Å². The number of rotatable bonds is 3. The largest absolute Gasteiger partial charge is 0.481 e. The average molecular weight is 270 g/mol. The molecule has 0 unspecified atom stereocenters. The lowest BCUT2D eigenvalue weighted by atomic mass is 10.0. The summed E-state index contributed by atoms with van der Waals surface area (Å²) in [5.74, 6) is -1.00. The van der Waals surface area contributed by atoms with Crippen LogP contribution in [0, 0.1) is 11.3 Å². The summed E-state index contributed by atoms with van der Waals surface area (Å²) in [6, 6.07) is 4.96. The molecular formula is C10H8BrNO3. The minimum Gasteiger partial charge on any atom is -0.481 e. The van der Waals surface area contributed by atoms with E-state index in [0.717, 1.165) is 0 Å². The number of hydrogen-bond acceptors (Lipinski definition) is 3. The molecule has 4 nitrogen and oxygen atoms in total. The Hall–Kier alpha value is -1.38. The molecule has 2 N–H and O–H groups in total. The van der Waals surface area contributed by atoms with E-state index in [4.69, 9.17) is 15.5 Å². The molecule has 0 amide bonds. The summed E-state index contributed by atoms with van der Waals surface area (Å²) in [4.78, 5) is 10.5. The second-order valence-electron chi connectivity index (χ2n) is 2.94. The normalized spacial score (nSPS) is 9.67. The Balaban J connectivity index is 3.24. The molecule has 0 aliphatic carbocycles. The van der Waals surface area contributed by atoms with Crippen molar-refractivity contribution in [1.29, 1.82) is 5.26 Å². The first-order valence-corrected chi connectivity index (χ1v) is 4.91. The number of hydrogen-bond donors (Lipinski definition) is 2. The van der Waals surface area contributed by atoms with Gasteiger partial charge in [0.15, 0.2) is 0 Å². The molecule has 1 rings (SSSR count). The molecule has 0 saturated heterocycles. The van der Waals surface area contributed by atoms with Gasteiger partial charge in [-0.15, -0.1) is 0 Å². The molecule has 78 valence electrons. The summed E-state index contributed by atoms with van der Waals surface area (Å²) in [7, 11) is 0. The van der Waals surface area contributed by atoms with Crippen LogP contribution in [0.25, 0.3) is 0 Å². The van der Waals surface area contributed by atoms with E-state index in [1.165, 1.54) is 12.1 Å². The number of benzene rings is 1. The van der Waals surface area contributed by atoms with Gasteiger partial charge in [-0.05, 0) is 17.2 Å². The third kappa shape index (κ3) is 2.78. The molecular weight excluding hydrogens is 262 g/mol. The first-order chi connectivity index (χ1) is 7.08. The third-order valence-electron chi connectivity index (χ3n) is 1.90. The molecule has 5 heteroatoms. The average Bonchev–Trinajstić information content (AvgIpc) is 2.19. The van der Waals surface area contributed by atoms with Gasteiger partial charge < -0.3 is 10.2 Å². The minimum atomic E-state index is -1.00. The number of aliphatic hydroxyl groups is 1. The summed E-state index contributed by atoms with van der Waals surface area (Å²) in [6.07, 6.45) is -0.219. The zero-order valence-electron chi connectivity index (χ0n) is 7.70. The quantitative estimate of drug-likeness (QED) is 0.870. The second kappa shape index (κ2) is 4.91. The molecule has 0 aliphatic rings. The summed E-state index contributed by atoms with van der Waals surface area (Å²) in [5.41, 5.74) is 1.30. The number of carboxylic acids is 1. The highest BCUT2D eigenvalue weighted by Gasteiger charge is 2.10. The van der Waals surface area contributed by atoms with Gasteiger partial charge in [0.1, 0.15) is 0 Å². The van der Waals surface area contributed by atoms with Crippen LogP contribution in [-0.2, 0) is 17.8 Å². The molecule has 0 spiro atoms. The Labute approximate surface area is 94.9 Å². The van der Waals surface area contributed by atoms with E-state index in [9.17, 15) is 4.79 Å². The van der Waals surface area contributed by atoms with Crippen LogP contribution in [0.4, 0.5) is 0 Å². The van der Waals surface area contributed by atoms with Crippen molar-refractivity contribution in [3.63, 3.8) is 0 Å². The van der Waals surface area contributed by atoms with Gasteiger partial charge in [0.2, 0.25) is 0 Å². The summed E-state index contributed by atoms with van der Waals surface area (Å²) in [5, 5.41) is 26.4. The maximum atomic E-state index is 10.5. The number of aliphatic carboxylic acids is 1.